The van der Waals surface area contributed by atoms with Crippen LogP contribution in [0.25, 0.3) is 0 Å². The van der Waals surface area contributed by atoms with E-state index in [1.165, 1.54) is 6.42 Å². The Morgan fingerprint density at radius 2 is 1.88 bits per heavy atom. The lowest BCUT2D eigenvalue weighted by Crippen LogP contribution is -2.41. The molecule has 2 aliphatic heterocycles. The molecule has 0 radical (unpaired) electrons. The third-order valence-corrected chi connectivity index (χ3v) is 5.56. The van der Waals surface area contributed by atoms with Crippen molar-refractivity contribution in [1.29, 1.82) is 0 Å². The van der Waals surface area contributed by atoms with E-state index in [9.17, 15) is 0 Å². The summed E-state index contributed by atoms with van der Waals surface area (Å²) in [7, 11) is -0.418. The summed E-state index contributed by atoms with van der Waals surface area (Å²) in [4.78, 5) is 11.2. The molecule has 1 atom stereocenters. The van der Waals surface area contributed by atoms with Crippen LogP contribution in [0.15, 0.2) is 12.4 Å². The number of anilines is 1. The van der Waals surface area contributed by atoms with E-state index in [2.05, 4.69) is 20.2 Å². The Morgan fingerprint density at radius 3 is 2.48 bits per heavy atom. The van der Waals surface area contributed by atoms with Crippen LogP contribution in [0, 0.1) is 5.92 Å². The van der Waals surface area contributed by atoms with Crippen LogP contribution in [-0.4, -0.2) is 65.9 Å². The molecule has 1 aromatic heterocycles. The number of aromatic nitrogens is 2. The van der Waals surface area contributed by atoms with E-state index in [4.69, 9.17) is 15.0 Å². The van der Waals surface area contributed by atoms with E-state index >= 15 is 0 Å². The van der Waals surface area contributed by atoms with Crippen LogP contribution in [0.5, 0.6) is 0 Å². The minimum Gasteiger partial charge on any atom is -0.399 e. The van der Waals surface area contributed by atoms with Gasteiger partial charge in [0.1, 0.15) is 0 Å². The number of likely N-dealkylation sites (tertiary alicyclic amines) is 1. The molecule has 7 nitrogen and oxygen atoms in total. The summed E-state index contributed by atoms with van der Waals surface area (Å²) in [6.45, 7) is 13.0. The first kappa shape index (κ1) is 18.6. The zero-order chi connectivity index (χ0) is 18.1. The fraction of sp³-hybridized carbons (Fsp3) is 0.765. The second kappa shape index (κ2) is 7.19. The maximum Gasteiger partial charge on any atom is 0.498 e. The highest BCUT2D eigenvalue weighted by Crippen LogP contribution is 2.36. The van der Waals surface area contributed by atoms with Crippen molar-refractivity contribution in [2.24, 2.45) is 11.7 Å². The lowest BCUT2D eigenvalue weighted by Gasteiger charge is -2.32. The molecule has 0 amide bonds. The third-order valence-electron chi connectivity index (χ3n) is 5.56. The zero-order valence-corrected chi connectivity index (χ0v) is 15.8. The van der Waals surface area contributed by atoms with Crippen molar-refractivity contribution in [1.82, 2.24) is 14.9 Å². The highest BCUT2D eigenvalue weighted by atomic mass is 16.7. The van der Waals surface area contributed by atoms with Gasteiger partial charge in [-0.1, -0.05) is 0 Å². The van der Waals surface area contributed by atoms with E-state index < -0.39 is 7.12 Å². The predicted octanol–water partition coefficient (Wildman–Crippen LogP) is 0.468. The van der Waals surface area contributed by atoms with E-state index in [0.29, 0.717) is 11.9 Å². The molecular formula is C17H30BN5O2. The maximum absolute atomic E-state index is 6.03. The van der Waals surface area contributed by atoms with Crippen LogP contribution in [0.2, 0.25) is 0 Å². The molecule has 8 heteroatoms. The van der Waals surface area contributed by atoms with E-state index in [-0.39, 0.29) is 11.2 Å². The van der Waals surface area contributed by atoms with Crippen LogP contribution in [0.4, 0.5) is 5.95 Å². The molecule has 0 aromatic carbocycles. The van der Waals surface area contributed by atoms with E-state index in [0.717, 1.165) is 38.2 Å². The second-order valence-electron chi connectivity index (χ2n) is 8.05. The summed E-state index contributed by atoms with van der Waals surface area (Å²) < 4.78 is 12.1. The highest BCUT2D eigenvalue weighted by Gasteiger charge is 2.51. The Labute approximate surface area is 150 Å². The lowest BCUT2D eigenvalue weighted by molar-refractivity contribution is 0.00578. The van der Waals surface area contributed by atoms with Crippen molar-refractivity contribution < 1.29 is 9.31 Å². The SMILES string of the molecule is CC1(C)OB(c2cnc(NC[C@H]3CCN(CCN)C3)nc2)OC1(C)C. The zero-order valence-electron chi connectivity index (χ0n) is 15.8. The summed E-state index contributed by atoms with van der Waals surface area (Å²) in [5.41, 5.74) is 5.76. The topological polar surface area (TPSA) is 85.5 Å². The van der Waals surface area contributed by atoms with Crippen molar-refractivity contribution in [3.63, 3.8) is 0 Å². The van der Waals surface area contributed by atoms with Gasteiger partial charge in [0.2, 0.25) is 5.95 Å². The fourth-order valence-corrected chi connectivity index (χ4v) is 3.23. The van der Waals surface area contributed by atoms with Crippen LogP contribution in [0.3, 0.4) is 0 Å². The fourth-order valence-electron chi connectivity index (χ4n) is 3.23. The van der Waals surface area contributed by atoms with Crippen LogP contribution in [0.1, 0.15) is 34.1 Å². The number of nitrogens with two attached hydrogens (primary N) is 1. The summed E-state index contributed by atoms with van der Waals surface area (Å²) in [5.74, 6) is 1.27. The first-order valence-corrected chi connectivity index (χ1v) is 9.14. The molecule has 2 fully saturated rings. The Balaban J connectivity index is 1.52. The summed E-state index contributed by atoms with van der Waals surface area (Å²) in [5, 5.41) is 3.34. The molecule has 2 aliphatic rings. The van der Waals surface area contributed by atoms with Gasteiger partial charge in [-0.05, 0) is 46.6 Å². The largest absolute Gasteiger partial charge is 0.498 e. The summed E-state index contributed by atoms with van der Waals surface area (Å²) in [6, 6.07) is 0. The number of rotatable bonds is 6. The first-order chi connectivity index (χ1) is 11.8. The Morgan fingerprint density at radius 1 is 1.24 bits per heavy atom. The molecular weight excluding hydrogens is 317 g/mol. The quantitative estimate of drug-likeness (QED) is 0.724. The van der Waals surface area contributed by atoms with Crippen LogP contribution < -0.4 is 16.5 Å². The van der Waals surface area contributed by atoms with Crippen molar-refractivity contribution in [2.75, 3.05) is 38.0 Å². The van der Waals surface area contributed by atoms with Gasteiger partial charge in [-0.15, -0.1) is 0 Å². The van der Waals surface area contributed by atoms with Crippen LogP contribution in [-0.2, 0) is 9.31 Å². The standard InChI is InChI=1S/C17H30BN5O2/c1-16(2)17(3,4)25-18(24-16)14-10-21-15(22-11-14)20-9-13-5-7-23(12-13)8-6-19/h10-11,13H,5-9,12,19H2,1-4H3,(H,20,21,22)/t13-/m1/s1. The molecule has 0 saturated carbocycles. The average Bonchev–Trinajstić information content (AvgIpc) is 3.08. The minimum atomic E-state index is -0.418. The van der Waals surface area contributed by atoms with Gasteiger partial charge in [-0.25, -0.2) is 9.97 Å². The summed E-state index contributed by atoms with van der Waals surface area (Å²) >= 11 is 0. The molecule has 3 N–H and O–H groups in total. The van der Waals surface area contributed by atoms with Gasteiger partial charge in [-0.3, -0.25) is 0 Å². The molecule has 0 aliphatic carbocycles. The number of hydrogen-bond acceptors (Lipinski definition) is 7. The molecule has 3 heterocycles. The van der Waals surface area contributed by atoms with Crippen molar-refractivity contribution in [3.05, 3.63) is 12.4 Å². The minimum absolute atomic E-state index is 0.355. The number of nitrogens with one attached hydrogen (secondary N) is 1. The number of nitrogens with zero attached hydrogens (tertiary/aromatic N) is 3. The highest BCUT2D eigenvalue weighted by molar-refractivity contribution is 6.61. The second-order valence-corrected chi connectivity index (χ2v) is 8.05. The van der Waals surface area contributed by atoms with Gasteiger partial charge in [0, 0.05) is 44.0 Å². The average molecular weight is 347 g/mol. The molecule has 3 rings (SSSR count). The molecule has 2 saturated heterocycles. The molecule has 0 unspecified atom stereocenters. The first-order valence-electron chi connectivity index (χ1n) is 9.14. The maximum atomic E-state index is 6.03. The van der Waals surface area contributed by atoms with Crippen LogP contribution >= 0.6 is 0 Å². The van der Waals surface area contributed by atoms with Gasteiger partial charge in [0.05, 0.1) is 11.2 Å². The van der Waals surface area contributed by atoms with E-state index in [1.807, 2.05) is 27.7 Å². The van der Waals surface area contributed by atoms with Crippen molar-refractivity contribution in [2.45, 2.75) is 45.3 Å². The van der Waals surface area contributed by atoms with Gasteiger partial charge < -0.3 is 25.3 Å². The molecule has 0 spiro atoms. The van der Waals surface area contributed by atoms with E-state index in [1.54, 1.807) is 12.4 Å². The van der Waals surface area contributed by atoms with Gasteiger partial charge >= 0.3 is 7.12 Å². The smallest absolute Gasteiger partial charge is 0.399 e. The van der Waals surface area contributed by atoms with Gasteiger partial charge in [-0.2, -0.15) is 0 Å². The van der Waals surface area contributed by atoms with Gasteiger partial charge in [0.25, 0.3) is 0 Å². The Bertz CT molecular complexity index is 565. The molecule has 1 aromatic rings. The Kier molecular flexibility index (Phi) is 5.34. The summed E-state index contributed by atoms with van der Waals surface area (Å²) in [6.07, 6.45) is 4.76. The predicted molar refractivity (Wildman–Crippen MR) is 99.8 cm³/mol. The molecule has 25 heavy (non-hydrogen) atoms. The molecule has 0 bridgehead atoms. The monoisotopic (exact) mass is 347 g/mol. The normalized spacial score (nSPS) is 25.5. The lowest BCUT2D eigenvalue weighted by atomic mass is 9.81. The Hall–Kier alpha value is -1.22. The van der Waals surface area contributed by atoms with Crippen molar-refractivity contribution >= 4 is 18.5 Å². The third kappa shape index (κ3) is 4.14. The number of hydrogen-bond donors (Lipinski definition) is 2. The van der Waals surface area contributed by atoms with Crippen molar-refractivity contribution in [3.8, 4) is 0 Å². The molecule has 138 valence electrons. The van der Waals surface area contributed by atoms with Gasteiger partial charge in [0.15, 0.2) is 0 Å².